The van der Waals surface area contributed by atoms with Gasteiger partial charge < -0.3 is 20.4 Å². The second-order valence-electron chi connectivity index (χ2n) is 6.76. The van der Waals surface area contributed by atoms with E-state index in [0.29, 0.717) is 22.3 Å². The minimum absolute atomic E-state index is 0.0654. The van der Waals surface area contributed by atoms with Crippen LogP contribution in [0.1, 0.15) is 0 Å². The van der Waals surface area contributed by atoms with Crippen LogP contribution in [0.2, 0.25) is 0 Å². The number of rotatable bonds is 3. The van der Waals surface area contributed by atoms with Crippen LogP contribution in [0.5, 0.6) is 23.0 Å². The van der Waals surface area contributed by atoms with Crippen LogP contribution in [0.4, 0.5) is 8.78 Å². The smallest absolute Gasteiger partial charge is 0.165 e. The molecule has 0 fully saturated rings. The van der Waals surface area contributed by atoms with Gasteiger partial charge in [-0.3, -0.25) is 0 Å². The van der Waals surface area contributed by atoms with Gasteiger partial charge in [-0.2, -0.15) is 0 Å². The predicted molar refractivity (Wildman–Crippen MR) is 109 cm³/mol. The summed E-state index contributed by atoms with van der Waals surface area (Å²) < 4.78 is 28.2. The van der Waals surface area contributed by atoms with Crippen molar-refractivity contribution in [2.24, 2.45) is 0 Å². The van der Waals surface area contributed by atoms with E-state index < -0.39 is 23.1 Å². The van der Waals surface area contributed by atoms with Gasteiger partial charge in [-0.05, 0) is 64.7 Å². The van der Waals surface area contributed by atoms with Crippen LogP contribution >= 0.6 is 0 Å². The van der Waals surface area contributed by atoms with Gasteiger partial charge in [-0.15, -0.1) is 0 Å². The fourth-order valence-electron chi connectivity index (χ4n) is 3.39. The Hall–Kier alpha value is -4.06. The third-order valence-corrected chi connectivity index (χ3v) is 4.83. The summed E-state index contributed by atoms with van der Waals surface area (Å²) in [6.07, 6.45) is 0. The number of aromatic hydroxyl groups is 4. The molecule has 6 heteroatoms. The maximum absolute atomic E-state index is 14.2. The molecule has 0 atom stereocenters. The topological polar surface area (TPSA) is 80.9 Å². The Bertz CT molecular complexity index is 1250. The summed E-state index contributed by atoms with van der Waals surface area (Å²) in [5.74, 6) is -2.89. The van der Waals surface area contributed by atoms with Crippen molar-refractivity contribution >= 4 is 0 Å². The van der Waals surface area contributed by atoms with Crippen LogP contribution in [-0.4, -0.2) is 20.4 Å². The molecule has 4 aromatic carbocycles. The number of hydrogen-bond donors (Lipinski definition) is 4. The first-order valence-corrected chi connectivity index (χ1v) is 8.98. The molecule has 0 radical (unpaired) electrons. The number of phenols is 4. The summed E-state index contributed by atoms with van der Waals surface area (Å²) in [4.78, 5) is 0. The zero-order valence-corrected chi connectivity index (χ0v) is 15.5. The number of benzene rings is 4. The Labute approximate surface area is 170 Å². The number of hydrogen-bond acceptors (Lipinski definition) is 4. The first-order chi connectivity index (χ1) is 14.3. The Kier molecular flexibility index (Phi) is 4.75. The van der Waals surface area contributed by atoms with E-state index in [4.69, 9.17) is 0 Å². The molecule has 4 N–H and O–H groups in total. The minimum Gasteiger partial charge on any atom is -0.508 e. The zero-order chi connectivity index (χ0) is 21.4. The maximum Gasteiger partial charge on any atom is 0.165 e. The van der Waals surface area contributed by atoms with Crippen molar-refractivity contribution in [2.45, 2.75) is 0 Å². The largest absolute Gasteiger partial charge is 0.508 e. The lowest BCUT2D eigenvalue weighted by Gasteiger charge is -2.18. The molecule has 0 saturated carbocycles. The highest BCUT2D eigenvalue weighted by atomic mass is 19.1. The highest BCUT2D eigenvalue weighted by Gasteiger charge is 2.20. The predicted octanol–water partition coefficient (Wildman–Crippen LogP) is 5.79. The second-order valence-corrected chi connectivity index (χ2v) is 6.76. The summed E-state index contributed by atoms with van der Waals surface area (Å²) in [7, 11) is 0. The zero-order valence-electron chi connectivity index (χ0n) is 15.5. The van der Waals surface area contributed by atoms with Gasteiger partial charge in [-0.25, -0.2) is 8.78 Å². The minimum atomic E-state index is -0.871. The highest BCUT2D eigenvalue weighted by molar-refractivity contribution is 5.97. The first-order valence-electron chi connectivity index (χ1n) is 8.98. The fraction of sp³-hybridized carbons (Fsp3) is 0. The highest BCUT2D eigenvalue weighted by Crippen LogP contribution is 2.46. The summed E-state index contributed by atoms with van der Waals surface area (Å²) in [5.41, 5.74) is 2.48. The van der Waals surface area contributed by atoms with Crippen molar-refractivity contribution < 1.29 is 29.2 Å². The van der Waals surface area contributed by atoms with Crippen LogP contribution in [0, 0.1) is 11.6 Å². The van der Waals surface area contributed by atoms with Crippen LogP contribution in [0.15, 0.2) is 72.8 Å². The lowest BCUT2D eigenvalue weighted by molar-refractivity contribution is 0.432. The average molecular weight is 406 g/mol. The standard InChI is InChI=1S/C24H16F2O4/c25-18-11-14(3-8-20(18)28)23-17(13-1-5-16(27)6-2-13)7-10-22(30)24(23)15-4-9-21(29)19(26)12-15/h1-12,27-30H. The molecule has 0 saturated heterocycles. The van der Waals surface area contributed by atoms with Crippen molar-refractivity contribution in [1.29, 1.82) is 0 Å². The van der Waals surface area contributed by atoms with E-state index in [0.717, 1.165) is 12.1 Å². The molecule has 4 rings (SSSR count). The molecule has 0 unspecified atom stereocenters. The lowest BCUT2D eigenvalue weighted by atomic mass is 9.87. The van der Waals surface area contributed by atoms with E-state index in [1.165, 1.54) is 42.5 Å². The summed E-state index contributed by atoms with van der Waals surface area (Å²) in [5, 5.41) is 39.4. The monoisotopic (exact) mass is 406 g/mol. The Morgan fingerprint density at radius 3 is 1.47 bits per heavy atom. The molecule has 0 bridgehead atoms. The van der Waals surface area contributed by atoms with E-state index in [2.05, 4.69) is 0 Å². The molecule has 0 aliphatic carbocycles. The molecule has 0 aliphatic heterocycles. The van der Waals surface area contributed by atoms with Gasteiger partial charge in [0.1, 0.15) is 11.5 Å². The molecule has 0 amide bonds. The maximum atomic E-state index is 14.2. The van der Waals surface area contributed by atoms with E-state index in [1.54, 1.807) is 18.2 Å². The van der Waals surface area contributed by atoms with Gasteiger partial charge >= 0.3 is 0 Å². The summed E-state index contributed by atoms with van der Waals surface area (Å²) >= 11 is 0. The molecular weight excluding hydrogens is 390 g/mol. The van der Waals surface area contributed by atoms with E-state index in [1.807, 2.05) is 0 Å². The summed E-state index contributed by atoms with van der Waals surface area (Å²) in [6.45, 7) is 0. The fourth-order valence-corrected chi connectivity index (χ4v) is 3.39. The molecule has 150 valence electrons. The van der Waals surface area contributed by atoms with Crippen molar-refractivity contribution in [1.82, 2.24) is 0 Å². The van der Waals surface area contributed by atoms with Crippen molar-refractivity contribution in [3.63, 3.8) is 0 Å². The van der Waals surface area contributed by atoms with Gasteiger partial charge in [0, 0.05) is 11.1 Å². The van der Waals surface area contributed by atoms with E-state index in [-0.39, 0.29) is 22.6 Å². The third kappa shape index (κ3) is 3.39. The Balaban J connectivity index is 2.08. The number of halogens is 2. The molecule has 0 heterocycles. The quantitative estimate of drug-likeness (QED) is 0.347. The average Bonchev–Trinajstić information content (AvgIpc) is 2.73. The van der Waals surface area contributed by atoms with E-state index >= 15 is 0 Å². The summed E-state index contributed by atoms with van der Waals surface area (Å²) in [6, 6.07) is 16.8. The van der Waals surface area contributed by atoms with E-state index in [9.17, 15) is 29.2 Å². The molecular formula is C24H16F2O4. The van der Waals surface area contributed by atoms with Crippen molar-refractivity contribution in [2.75, 3.05) is 0 Å². The van der Waals surface area contributed by atoms with Gasteiger partial charge in [0.15, 0.2) is 23.1 Å². The molecule has 0 aliphatic rings. The van der Waals surface area contributed by atoms with Gasteiger partial charge in [0.25, 0.3) is 0 Å². The molecule has 4 aromatic rings. The number of phenolic OH excluding ortho intramolecular Hbond substituents is 4. The molecule has 0 aromatic heterocycles. The molecule has 30 heavy (non-hydrogen) atoms. The SMILES string of the molecule is Oc1ccc(-c2ccc(O)c(-c3ccc(O)c(F)c3)c2-c2ccc(O)c(F)c2)cc1. The normalized spacial score (nSPS) is 10.9. The van der Waals surface area contributed by atoms with Crippen LogP contribution in [0.3, 0.4) is 0 Å². The van der Waals surface area contributed by atoms with Gasteiger partial charge in [-0.1, -0.05) is 30.3 Å². The Morgan fingerprint density at radius 2 is 0.933 bits per heavy atom. The van der Waals surface area contributed by atoms with Crippen molar-refractivity contribution in [3.05, 3.63) is 84.4 Å². The van der Waals surface area contributed by atoms with Crippen molar-refractivity contribution in [3.8, 4) is 56.4 Å². The third-order valence-electron chi connectivity index (χ3n) is 4.83. The first kappa shape index (κ1) is 19.3. The molecule has 0 spiro atoms. The lowest BCUT2D eigenvalue weighted by Crippen LogP contribution is -1.93. The molecule has 4 nitrogen and oxygen atoms in total. The van der Waals surface area contributed by atoms with Crippen LogP contribution in [-0.2, 0) is 0 Å². The van der Waals surface area contributed by atoms with Crippen LogP contribution in [0.25, 0.3) is 33.4 Å². The second kappa shape index (κ2) is 7.40. The van der Waals surface area contributed by atoms with Crippen LogP contribution < -0.4 is 0 Å². The van der Waals surface area contributed by atoms with Gasteiger partial charge in [0.2, 0.25) is 0 Å². The van der Waals surface area contributed by atoms with Gasteiger partial charge in [0.05, 0.1) is 0 Å². The Morgan fingerprint density at radius 1 is 0.467 bits per heavy atom.